The van der Waals surface area contributed by atoms with Gasteiger partial charge in [-0.15, -0.1) is 0 Å². The molecule has 2 fully saturated rings. The van der Waals surface area contributed by atoms with Crippen LogP contribution in [0.4, 0.5) is 11.4 Å². The second-order valence-electron chi connectivity index (χ2n) is 8.50. The molecule has 1 saturated carbocycles. The number of rotatable bonds is 10. The molecular formula is C26H29N3O5S. The minimum atomic E-state index is -0.674. The molecule has 4 rings (SSSR count). The molecule has 1 N–H and O–H groups in total. The lowest BCUT2D eigenvalue weighted by Crippen LogP contribution is -2.39. The summed E-state index contributed by atoms with van der Waals surface area (Å²) in [5, 5.41) is 3.25. The number of benzene rings is 2. The van der Waals surface area contributed by atoms with Crippen LogP contribution in [0.3, 0.4) is 0 Å². The zero-order valence-corrected chi connectivity index (χ0v) is 20.7. The largest absolute Gasteiger partial charge is 0.494 e. The number of ether oxygens (including phenoxy) is 2. The Morgan fingerprint density at radius 1 is 1.06 bits per heavy atom. The van der Waals surface area contributed by atoms with Crippen LogP contribution in [0.15, 0.2) is 48.5 Å². The van der Waals surface area contributed by atoms with Gasteiger partial charge in [-0.05, 0) is 86.9 Å². The van der Waals surface area contributed by atoms with Crippen LogP contribution >= 0.6 is 12.2 Å². The number of hydrogen-bond donors (Lipinski definition) is 1. The van der Waals surface area contributed by atoms with E-state index < -0.39 is 12.0 Å². The molecule has 0 aromatic heterocycles. The normalized spacial score (nSPS) is 17.5. The Kier molecular flexibility index (Phi) is 7.65. The van der Waals surface area contributed by atoms with E-state index in [1.165, 1.54) is 4.90 Å². The predicted molar refractivity (Wildman–Crippen MR) is 137 cm³/mol. The SMILES string of the molecule is CCCOc1ccc(NC(=O)C[C@H]2C(=O)N(c3ccc(C(=O)OCC)cc3)C(=S)N2C2CC2)cc1. The van der Waals surface area contributed by atoms with Gasteiger partial charge in [0.2, 0.25) is 5.91 Å². The highest BCUT2D eigenvalue weighted by Crippen LogP contribution is 2.37. The minimum Gasteiger partial charge on any atom is -0.494 e. The first-order valence-electron chi connectivity index (χ1n) is 11.9. The number of nitrogens with one attached hydrogen (secondary N) is 1. The maximum atomic E-state index is 13.4. The van der Waals surface area contributed by atoms with Crippen molar-refractivity contribution in [2.45, 2.75) is 51.6 Å². The first-order chi connectivity index (χ1) is 16.9. The van der Waals surface area contributed by atoms with Gasteiger partial charge in [-0.2, -0.15) is 0 Å². The van der Waals surface area contributed by atoms with Crippen LogP contribution in [0.5, 0.6) is 5.75 Å². The van der Waals surface area contributed by atoms with Crippen LogP contribution in [0.2, 0.25) is 0 Å². The molecule has 1 heterocycles. The van der Waals surface area contributed by atoms with E-state index in [9.17, 15) is 14.4 Å². The fraction of sp³-hybridized carbons (Fsp3) is 0.385. The molecule has 1 aliphatic heterocycles. The summed E-state index contributed by atoms with van der Waals surface area (Å²) in [6, 6.07) is 13.2. The van der Waals surface area contributed by atoms with E-state index in [1.54, 1.807) is 55.5 Å². The van der Waals surface area contributed by atoms with E-state index in [0.29, 0.717) is 28.7 Å². The van der Waals surface area contributed by atoms with Gasteiger partial charge in [0.25, 0.3) is 5.91 Å². The van der Waals surface area contributed by atoms with Gasteiger partial charge < -0.3 is 19.7 Å². The van der Waals surface area contributed by atoms with E-state index in [2.05, 4.69) is 5.32 Å². The zero-order valence-electron chi connectivity index (χ0n) is 19.9. The summed E-state index contributed by atoms with van der Waals surface area (Å²) in [5.41, 5.74) is 1.59. The third-order valence-electron chi connectivity index (χ3n) is 5.82. The second-order valence-corrected chi connectivity index (χ2v) is 8.87. The highest BCUT2D eigenvalue weighted by Gasteiger charge is 2.49. The molecule has 1 saturated heterocycles. The first-order valence-corrected chi connectivity index (χ1v) is 12.3. The molecule has 2 aromatic rings. The van der Waals surface area contributed by atoms with Crippen molar-refractivity contribution >= 4 is 46.5 Å². The molecule has 35 heavy (non-hydrogen) atoms. The van der Waals surface area contributed by atoms with E-state index in [0.717, 1.165) is 25.0 Å². The van der Waals surface area contributed by atoms with Gasteiger partial charge >= 0.3 is 5.97 Å². The summed E-state index contributed by atoms with van der Waals surface area (Å²) in [6.07, 6.45) is 2.77. The van der Waals surface area contributed by atoms with Gasteiger partial charge in [0.1, 0.15) is 11.8 Å². The van der Waals surface area contributed by atoms with Crippen LogP contribution in [0, 0.1) is 0 Å². The highest BCUT2D eigenvalue weighted by molar-refractivity contribution is 7.80. The molecule has 2 aliphatic rings. The van der Waals surface area contributed by atoms with E-state index in [-0.39, 0.29) is 30.9 Å². The Morgan fingerprint density at radius 2 is 1.74 bits per heavy atom. The molecule has 2 amide bonds. The lowest BCUT2D eigenvalue weighted by atomic mass is 10.1. The number of nitrogens with zero attached hydrogens (tertiary/aromatic N) is 2. The molecule has 0 radical (unpaired) electrons. The van der Waals surface area contributed by atoms with Crippen molar-refractivity contribution in [1.82, 2.24) is 4.90 Å². The molecular weight excluding hydrogens is 466 g/mol. The smallest absolute Gasteiger partial charge is 0.338 e. The van der Waals surface area contributed by atoms with Gasteiger partial charge in [0.05, 0.1) is 30.9 Å². The first kappa shape index (κ1) is 24.7. The molecule has 1 aliphatic carbocycles. The quantitative estimate of drug-likeness (QED) is 0.391. The lowest BCUT2D eigenvalue weighted by Gasteiger charge is -2.23. The van der Waals surface area contributed by atoms with Crippen LogP contribution in [-0.2, 0) is 14.3 Å². The van der Waals surface area contributed by atoms with Crippen LogP contribution in [0.1, 0.15) is 49.9 Å². The van der Waals surface area contributed by atoms with Crippen molar-refractivity contribution in [2.75, 3.05) is 23.4 Å². The molecule has 0 unspecified atom stereocenters. The van der Waals surface area contributed by atoms with Gasteiger partial charge in [-0.25, -0.2) is 4.79 Å². The van der Waals surface area contributed by atoms with Crippen molar-refractivity contribution in [1.29, 1.82) is 0 Å². The molecule has 9 heteroatoms. The van der Waals surface area contributed by atoms with Gasteiger partial charge in [-0.3, -0.25) is 14.5 Å². The summed E-state index contributed by atoms with van der Waals surface area (Å²) in [5.74, 6) is -0.193. The summed E-state index contributed by atoms with van der Waals surface area (Å²) >= 11 is 5.67. The van der Waals surface area contributed by atoms with Crippen molar-refractivity contribution in [3.63, 3.8) is 0 Å². The Hall–Kier alpha value is -3.46. The van der Waals surface area contributed by atoms with Crippen LogP contribution in [-0.4, -0.2) is 53.1 Å². The number of hydrogen-bond acceptors (Lipinski definition) is 6. The average Bonchev–Trinajstić information content (AvgIpc) is 3.65. The topological polar surface area (TPSA) is 88.2 Å². The monoisotopic (exact) mass is 495 g/mol. The van der Waals surface area contributed by atoms with Crippen molar-refractivity contribution in [3.8, 4) is 5.75 Å². The van der Waals surface area contributed by atoms with Gasteiger partial charge in [-0.1, -0.05) is 6.92 Å². The van der Waals surface area contributed by atoms with Crippen molar-refractivity contribution < 1.29 is 23.9 Å². The number of esters is 1. The highest BCUT2D eigenvalue weighted by atomic mass is 32.1. The third-order valence-corrected chi connectivity index (χ3v) is 6.21. The number of carbonyl (C=O) groups excluding carboxylic acids is 3. The van der Waals surface area contributed by atoms with E-state index >= 15 is 0 Å². The molecule has 8 nitrogen and oxygen atoms in total. The number of amides is 2. The Bertz CT molecular complexity index is 1100. The number of thiocarbonyl (C=S) groups is 1. The molecule has 0 bridgehead atoms. The minimum absolute atomic E-state index is 0.0129. The molecule has 0 spiro atoms. The molecule has 2 aromatic carbocycles. The van der Waals surface area contributed by atoms with Crippen LogP contribution < -0.4 is 15.0 Å². The predicted octanol–water partition coefficient (Wildman–Crippen LogP) is 4.15. The fourth-order valence-corrected chi connectivity index (χ4v) is 4.47. The summed E-state index contributed by atoms with van der Waals surface area (Å²) < 4.78 is 10.6. The van der Waals surface area contributed by atoms with Crippen molar-refractivity contribution in [2.24, 2.45) is 0 Å². The van der Waals surface area contributed by atoms with E-state index in [1.807, 2.05) is 11.8 Å². The molecule has 184 valence electrons. The summed E-state index contributed by atoms with van der Waals surface area (Å²) in [7, 11) is 0. The average molecular weight is 496 g/mol. The number of carbonyl (C=O) groups is 3. The Morgan fingerprint density at radius 3 is 2.34 bits per heavy atom. The van der Waals surface area contributed by atoms with E-state index in [4.69, 9.17) is 21.7 Å². The number of anilines is 2. The van der Waals surface area contributed by atoms with Gasteiger partial charge in [0, 0.05) is 11.7 Å². The molecule has 1 atom stereocenters. The Labute approximate surface area is 210 Å². The third kappa shape index (κ3) is 5.62. The van der Waals surface area contributed by atoms with Crippen molar-refractivity contribution in [3.05, 3.63) is 54.1 Å². The maximum absolute atomic E-state index is 13.4. The maximum Gasteiger partial charge on any atom is 0.338 e. The standard InChI is InChI=1S/C26H29N3O5S/c1-3-15-34-21-13-7-18(8-14-21)27-23(30)16-22-24(31)29(26(35)28(22)19-11-12-19)20-9-5-17(6-10-20)25(32)33-4-2/h5-10,13-14,19,22H,3-4,11-12,15-16H2,1-2H3,(H,27,30)/t22-/m0/s1. The van der Waals surface area contributed by atoms with Gasteiger partial charge in [0.15, 0.2) is 5.11 Å². The summed E-state index contributed by atoms with van der Waals surface area (Å²) in [6.45, 7) is 4.70. The fourth-order valence-electron chi connectivity index (χ4n) is 4.00. The lowest BCUT2D eigenvalue weighted by molar-refractivity contribution is -0.124. The Balaban J connectivity index is 1.45. The second kappa shape index (κ2) is 10.9. The van der Waals surface area contributed by atoms with Crippen LogP contribution in [0.25, 0.3) is 0 Å². The summed E-state index contributed by atoms with van der Waals surface area (Å²) in [4.78, 5) is 41.6. The zero-order chi connectivity index (χ0) is 24.9.